The number of ether oxygens (including phenoxy) is 1. The Hall–Kier alpha value is -3.82. The van der Waals surface area contributed by atoms with Gasteiger partial charge >= 0.3 is 0 Å². The minimum absolute atomic E-state index is 0.0475. The zero-order valence-electron chi connectivity index (χ0n) is 20.8. The summed E-state index contributed by atoms with van der Waals surface area (Å²) < 4.78 is 46.6. The van der Waals surface area contributed by atoms with E-state index in [0.29, 0.717) is 21.3 Å². The molecule has 1 fully saturated rings. The summed E-state index contributed by atoms with van der Waals surface area (Å²) in [6, 6.07) is 9.07. The van der Waals surface area contributed by atoms with E-state index in [0.717, 1.165) is 24.2 Å². The van der Waals surface area contributed by atoms with E-state index in [4.69, 9.17) is 16.0 Å². The van der Waals surface area contributed by atoms with Gasteiger partial charge in [-0.3, -0.25) is 15.0 Å². The van der Waals surface area contributed by atoms with Crippen molar-refractivity contribution in [3.8, 4) is 11.1 Å². The lowest BCUT2D eigenvalue weighted by molar-refractivity contribution is -0.126. The molecule has 0 radical (unpaired) electrons. The summed E-state index contributed by atoms with van der Waals surface area (Å²) in [6.07, 6.45) is 1.73. The van der Waals surface area contributed by atoms with Crippen LogP contribution in [0.25, 0.3) is 21.3 Å². The molecule has 0 spiro atoms. The van der Waals surface area contributed by atoms with Crippen molar-refractivity contribution in [2.24, 2.45) is 16.2 Å². The van der Waals surface area contributed by atoms with Crippen molar-refractivity contribution in [3.05, 3.63) is 52.8 Å². The van der Waals surface area contributed by atoms with Crippen LogP contribution >= 0.6 is 11.3 Å². The Balaban J connectivity index is 1.65. The van der Waals surface area contributed by atoms with Crippen molar-refractivity contribution >= 4 is 49.0 Å². The van der Waals surface area contributed by atoms with Gasteiger partial charge in [0.1, 0.15) is 10.8 Å². The molecule has 1 heterocycles. The number of aromatic nitrogens is 1. The number of amidine groups is 1. The molecular formula is C24H26FN7O5S2. The van der Waals surface area contributed by atoms with Crippen LogP contribution in [0.4, 0.5) is 4.39 Å². The Kier molecular flexibility index (Phi) is 8.62. The van der Waals surface area contributed by atoms with Gasteiger partial charge in [0.25, 0.3) is 0 Å². The lowest BCUT2D eigenvalue weighted by Gasteiger charge is -2.15. The quantitative estimate of drug-likeness (QED) is 0.0886. The van der Waals surface area contributed by atoms with E-state index in [-0.39, 0.29) is 35.6 Å². The Morgan fingerprint density at radius 2 is 2.00 bits per heavy atom. The molecule has 5 N–H and O–H groups in total. The predicted molar refractivity (Wildman–Crippen MR) is 143 cm³/mol. The van der Waals surface area contributed by atoms with Gasteiger partial charge in [-0.1, -0.05) is 29.5 Å². The average molecular weight is 576 g/mol. The summed E-state index contributed by atoms with van der Waals surface area (Å²) in [5.41, 5.74) is 1.39. The molecule has 206 valence electrons. The van der Waals surface area contributed by atoms with Crippen LogP contribution in [0.3, 0.4) is 0 Å². The van der Waals surface area contributed by atoms with Crippen LogP contribution in [0.2, 0.25) is 0 Å². The van der Waals surface area contributed by atoms with Crippen LogP contribution in [0.1, 0.15) is 28.7 Å². The number of methoxy groups -OCH3 is 1. The van der Waals surface area contributed by atoms with Crippen LogP contribution < -0.4 is 16.5 Å². The molecule has 0 aliphatic heterocycles. The number of benzene rings is 2. The first-order chi connectivity index (χ1) is 18.6. The third-order valence-corrected chi connectivity index (χ3v) is 9.00. The minimum atomic E-state index is -4.09. The molecule has 4 rings (SSSR count). The van der Waals surface area contributed by atoms with Gasteiger partial charge in [-0.05, 0) is 30.5 Å². The van der Waals surface area contributed by atoms with E-state index >= 15 is 4.39 Å². The zero-order valence-corrected chi connectivity index (χ0v) is 22.4. The van der Waals surface area contributed by atoms with Gasteiger partial charge in [-0.2, -0.15) is 0 Å². The van der Waals surface area contributed by atoms with Crippen LogP contribution in [0.5, 0.6) is 0 Å². The van der Waals surface area contributed by atoms with E-state index in [1.54, 1.807) is 24.3 Å². The second-order valence-electron chi connectivity index (χ2n) is 8.79. The van der Waals surface area contributed by atoms with Gasteiger partial charge in [0, 0.05) is 24.3 Å². The highest BCUT2D eigenvalue weighted by Gasteiger charge is 2.37. The number of fused-ring (bicyclic) bond motifs is 1. The Morgan fingerprint density at radius 1 is 1.28 bits per heavy atom. The van der Waals surface area contributed by atoms with Crippen LogP contribution in [0, 0.1) is 11.2 Å². The molecule has 3 aromatic rings. The largest absolute Gasteiger partial charge is 0.384 e. The van der Waals surface area contributed by atoms with Crippen molar-refractivity contribution in [1.29, 1.82) is 5.41 Å². The Morgan fingerprint density at radius 3 is 2.64 bits per heavy atom. The number of nitrogens with one attached hydrogen (secondary N) is 3. The van der Waals surface area contributed by atoms with E-state index in [1.165, 1.54) is 19.2 Å². The molecule has 1 atom stereocenters. The number of hydrogen-bond donors (Lipinski definition) is 4. The molecule has 0 bridgehead atoms. The van der Waals surface area contributed by atoms with Crippen molar-refractivity contribution < 1.29 is 27.1 Å². The highest BCUT2D eigenvalue weighted by atomic mass is 32.2. The topological polar surface area (TPSA) is 189 Å². The fraction of sp³-hybridized carbons (Fsp3) is 0.333. The summed E-state index contributed by atoms with van der Waals surface area (Å²) in [5, 5.41) is 17.7. The fourth-order valence-corrected chi connectivity index (χ4v) is 6.68. The number of sulfone groups is 1. The second-order valence-corrected chi connectivity index (χ2v) is 12.1. The second kappa shape index (κ2) is 11.9. The molecule has 39 heavy (non-hydrogen) atoms. The predicted octanol–water partition coefficient (Wildman–Crippen LogP) is 2.25. The summed E-state index contributed by atoms with van der Waals surface area (Å²) >= 11 is 0.884. The number of amides is 2. The number of halogens is 1. The van der Waals surface area contributed by atoms with Crippen molar-refractivity contribution in [1.82, 2.24) is 15.6 Å². The van der Waals surface area contributed by atoms with Gasteiger partial charge in [0.15, 0.2) is 20.9 Å². The van der Waals surface area contributed by atoms with E-state index < -0.39 is 38.5 Å². The third-order valence-electron chi connectivity index (χ3n) is 5.88. The first-order valence-electron chi connectivity index (χ1n) is 11.8. The normalized spacial score (nSPS) is 14.4. The summed E-state index contributed by atoms with van der Waals surface area (Å²) in [5.74, 6) is 2.48. The number of nitrogens with two attached hydrogens (primary N) is 1. The Labute approximate surface area is 227 Å². The Bertz CT molecular complexity index is 1540. The molecular weight excluding hydrogens is 549 g/mol. The SMILES string of the molecule is COCCS(=O)(=O)C(C(=O)NCC(=O)NC1CC1)c1nc2cc(-c3ccc(C(=N)N=NN)cc3)c(F)cc2s1. The molecule has 0 saturated heterocycles. The maximum atomic E-state index is 15.1. The third kappa shape index (κ3) is 6.79. The van der Waals surface area contributed by atoms with Gasteiger partial charge in [0.2, 0.25) is 11.8 Å². The molecule has 1 aliphatic rings. The minimum Gasteiger partial charge on any atom is -0.384 e. The maximum absolute atomic E-state index is 15.1. The highest BCUT2D eigenvalue weighted by molar-refractivity contribution is 7.92. The van der Waals surface area contributed by atoms with Gasteiger partial charge in [-0.15, -0.1) is 16.5 Å². The molecule has 1 unspecified atom stereocenters. The van der Waals surface area contributed by atoms with E-state index in [2.05, 4.69) is 26.0 Å². The molecule has 2 amide bonds. The summed E-state index contributed by atoms with van der Waals surface area (Å²) in [7, 11) is -2.75. The van der Waals surface area contributed by atoms with Crippen LogP contribution in [-0.4, -0.2) is 63.1 Å². The molecule has 1 saturated carbocycles. The van der Waals surface area contributed by atoms with Crippen molar-refractivity contribution in [2.75, 3.05) is 26.0 Å². The summed E-state index contributed by atoms with van der Waals surface area (Å²) in [4.78, 5) is 29.5. The number of nitrogens with zero attached hydrogens (tertiary/aromatic N) is 3. The molecule has 1 aliphatic carbocycles. The molecule has 12 nitrogen and oxygen atoms in total. The standard InChI is InChI=1S/C24H26FN7O5S2/c1-37-8-9-39(35,36)21(23(34)28-12-20(33)29-15-6-7-15)24-30-18-10-16(17(25)11-19(18)38-24)13-2-4-14(5-3-13)22(26)31-32-27/h2-5,10-11,15,21H,6-9,12H2,1H3,(H,28,34)(H,29,33)(H3,26,27,31). The fourth-order valence-electron chi connectivity index (χ4n) is 3.74. The lowest BCUT2D eigenvalue weighted by atomic mass is 10.0. The molecule has 1 aromatic heterocycles. The van der Waals surface area contributed by atoms with Crippen LogP contribution in [-0.2, 0) is 24.2 Å². The number of thiazole rings is 1. The highest BCUT2D eigenvalue weighted by Crippen LogP contribution is 2.35. The smallest absolute Gasteiger partial charge is 0.245 e. The van der Waals surface area contributed by atoms with E-state index in [1.807, 2.05) is 0 Å². The summed E-state index contributed by atoms with van der Waals surface area (Å²) in [6.45, 7) is -0.520. The van der Waals surface area contributed by atoms with E-state index in [9.17, 15) is 18.0 Å². The zero-order chi connectivity index (χ0) is 28.2. The number of hydrogen-bond acceptors (Lipinski definition) is 9. The lowest BCUT2D eigenvalue weighted by Crippen LogP contribution is -2.41. The van der Waals surface area contributed by atoms with Crippen LogP contribution in [0.15, 0.2) is 46.7 Å². The number of rotatable bonds is 11. The number of carbonyl (C=O) groups is 2. The maximum Gasteiger partial charge on any atom is 0.245 e. The van der Waals surface area contributed by atoms with Crippen molar-refractivity contribution in [2.45, 2.75) is 24.1 Å². The van der Waals surface area contributed by atoms with Crippen molar-refractivity contribution in [3.63, 3.8) is 0 Å². The molecule has 15 heteroatoms. The molecule has 2 aromatic carbocycles. The number of carbonyl (C=O) groups excluding carboxylic acids is 2. The average Bonchev–Trinajstić information content (AvgIpc) is 3.63. The van der Waals surface area contributed by atoms with Gasteiger partial charge < -0.3 is 21.2 Å². The first-order valence-corrected chi connectivity index (χ1v) is 14.3. The van der Waals surface area contributed by atoms with Gasteiger partial charge in [-0.25, -0.2) is 17.8 Å². The monoisotopic (exact) mass is 575 g/mol. The first kappa shape index (κ1) is 28.2. The van der Waals surface area contributed by atoms with Gasteiger partial charge in [0.05, 0.1) is 29.1 Å².